The van der Waals surface area contributed by atoms with Crippen LogP contribution in [0.4, 0.5) is 0 Å². The SMILES string of the molecule is CC(=O)N1CCCN(C(=O)C2(C#N)CCC2)CC1. The van der Waals surface area contributed by atoms with Gasteiger partial charge in [0, 0.05) is 33.1 Å². The number of nitriles is 1. The maximum absolute atomic E-state index is 12.4. The Kier molecular flexibility index (Phi) is 3.55. The van der Waals surface area contributed by atoms with E-state index in [9.17, 15) is 14.9 Å². The van der Waals surface area contributed by atoms with Crippen LogP contribution in [0, 0.1) is 16.7 Å². The highest BCUT2D eigenvalue weighted by molar-refractivity contribution is 5.86. The van der Waals surface area contributed by atoms with E-state index in [1.165, 1.54) is 0 Å². The van der Waals surface area contributed by atoms with Crippen LogP contribution in [-0.4, -0.2) is 47.8 Å². The first-order valence-corrected chi connectivity index (χ1v) is 6.55. The first-order valence-electron chi connectivity index (χ1n) is 6.55. The molecule has 0 aromatic heterocycles. The van der Waals surface area contributed by atoms with Gasteiger partial charge in [0.1, 0.15) is 5.41 Å². The summed E-state index contributed by atoms with van der Waals surface area (Å²) in [6.07, 6.45) is 3.14. The molecule has 0 unspecified atom stereocenters. The van der Waals surface area contributed by atoms with Crippen molar-refractivity contribution >= 4 is 11.8 Å². The van der Waals surface area contributed by atoms with Crippen molar-refractivity contribution in [2.75, 3.05) is 26.2 Å². The third kappa shape index (κ3) is 2.20. The van der Waals surface area contributed by atoms with Crippen molar-refractivity contribution in [2.45, 2.75) is 32.6 Å². The van der Waals surface area contributed by atoms with Gasteiger partial charge in [-0.3, -0.25) is 9.59 Å². The number of carbonyl (C=O) groups is 2. The fraction of sp³-hybridized carbons (Fsp3) is 0.769. The molecule has 0 bridgehead atoms. The molecule has 0 atom stereocenters. The summed E-state index contributed by atoms with van der Waals surface area (Å²) >= 11 is 0. The Hall–Kier alpha value is -1.57. The van der Waals surface area contributed by atoms with Crippen LogP contribution >= 0.6 is 0 Å². The Balaban J connectivity index is 2.00. The van der Waals surface area contributed by atoms with E-state index in [1.54, 1.807) is 16.7 Å². The fourth-order valence-corrected chi connectivity index (χ4v) is 2.64. The summed E-state index contributed by atoms with van der Waals surface area (Å²) in [4.78, 5) is 27.2. The minimum absolute atomic E-state index is 0.0262. The van der Waals surface area contributed by atoms with Crippen LogP contribution < -0.4 is 0 Å². The van der Waals surface area contributed by atoms with Gasteiger partial charge in [0.2, 0.25) is 11.8 Å². The van der Waals surface area contributed by atoms with Gasteiger partial charge in [-0.2, -0.15) is 5.26 Å². The minimum Gasteiger partial charge on any atom is -0.341 e. The summed E-state index contributed by atoms with van der Waals surface area (Å²) in [5, 5.41) is 9.19. The maximum Gasteiger partial charge on any atom is 0.243 e. The van der Waals surface area contributed by atoms with E-state index in [4.69, 9.17) is 0 Å². The van der Waals surface area contributed by atoms with Gasteiger partial charge in [-0.1, -0.05) is 0 Å². The highest BCUT2D eigenvalue weighted by Crippen LogP contribution is 2.41. The smallest absolute Gasteiger partial charge is 0.243 e. The largest absolute Gasteiger partial charge is 0.341 e. The van der Waals surface area contributed by atoms with E-state index >= 15 is 0 Å². The van der Waals surface area contributed by atoms with Gasteiger partial charge >= 0.3 is 0 Å². The lowest BCUT2D eigenvalue weighted by Gasteiger charge is -2.37. The lowest BCUT2D eigenvalue weighted by atomic mass is 9.69. The van der Waals surface area contributed by atoms with Crippen molar-refractivity contribution in [3.05, 3.63) is 0 Å². The molecule has 1 aliphatic carbocycles. The van der Waals surface area contributed by atoms with E-state index < -0.39 is 5.41 Å². The molecule has 1 saturated heterocycles. The zero-order valence-corrected chi connectivity index (χ0v) is 10.8. The second-order valence-corrected chi connectivity index (χ2v) is 5.20. The monoisotopic (exact) mass is 249 g/mol. The molecule has 2 fully saturated rings. The van der Waals surface area contributed by atoms with Crippen LogP contribution in [-0.2, 0) is 9.59 Å². The van der Waals surface area contributed by atoms with E-state index in [-0.39, 0.29) is 11.8 Å². The Morgan fingerprint density at radius 3 is 2.17 bits per heavy atom. The number of nitrogens with zero attached hydrogens (tertiary/aromatic N) is 3. The Labute approximate surface area is 107 Å². The average molecular weight is 249 g/mol. The molecular weight excluding hydrogens is 230 g/mol. The summed E-state index contributed by atoms with van der Waals surface area (Å²) < 4.78 is 0. The number of hydrogen-bond donors (Lipinski definition) is 0. The summed E-state index contributed by atoms with van der Waals surface area (Å²) in [5.74, 6) is 0.0320. The molecule has 98 valence electrons. The highest BCUT2D eigenvalue weighted by atomic mass is 16.2. The molecule has 1 saturated carbocycles. The molecule has 0 aromatic rings. The Morgan fingerprint density at radius 2 is 1.67 bits per heavy atom. The summed E-state index contributed by atoms with van der Waals surface area (Å²) in [6.45, 7) is 4.06. The lowest BCUT2D eigenvalue weighted by Crippen LogP contribution is -2.48. The van der Waals surface area contributed by atoms with Crippen LogP contribution in [0.3, 0.4) is 0 Å². The molecule has 0 radical (unpaired) electrons. The van der Waals surface area contributed by atoms with Gasteiger partial charge in [-0.05, 0) is 25.7 Å². The second-order valence-electron chi connectivity index (χ2n) is 5.20. The van der Waals surface area contributed by atoms with Gasteiger partial charge in [-0.15, -0.1) is 0 Å². The zero-order valence-electron chi connectivity index (χ0n) is 10.8. The number of carbonyl (C=O) groups excluding carboxylic acids is 2. The summed E-state index contributed by atoms with van der Waals surface area (Å²) in [7, 11) is 0. The molecule has 18 heavy (non-hydrogen) atoms. The number of rotatable bonds is 1. The van der Waals surface area contributed by atoms with Gasteiger partial charge in [0.15, 0.2) is 0 Å². The predicted octanol–water partition coefficient (Wildman–Crippen LogP) is 0.761. The Morgan fingerprint density at radius 1 is 1.06 bits per heavy atom. The molecule has 0 N–H and O–H groups in total. The maximum atomic E-state index is 12.4. The van der Waals surface area contributed by atoms with Gasteiger partial charge in [-0.25, -0.2) is 0 Å². The van der Waals surface area contributed by atoms with Crippen LogP contribution in [0.15, 0.2) is 0 Å². The fourth-order valence-electron chi connectivity index (χ4n) is 2.64. The summed E-state index contributed by atoms with van der Waals surface area (Å²) in [5.41, 5.74) is -0.759. The predicted molar refractivity (Wildman–Crippen MR) is 65.3 cm³/mol. The molecular formula is C13H19N3O2. The van der Waals surface area contributed by atoms with Crippen LogP contribution in [0.25, 0.3) is 0 Å². The Bertz CT molecular complexity index is 396. The number of hydrogen-bond acceptors (Lipinski definition) is 3. The first-order chi connectivity index (χ1) is 8.59. The normalized spacial score (nSPS) is 22.7. The molecule has 0 spiro atoms. The molecule has 1 heterocycles. The third-order valence-electron chi connectivity index (χ3n) is 4.06. The van der Waals surface area contributed by atoms with E-state index in [1.807, 2.05) is 0 Å². The van der Waals surface area contributed by atoms with Gasteiger partial charge in [0.05, 0.1) is 6.07 Å². The van der Waals surface area contributed by atoms with E-state index in [2.05, 4.69) is 6.07 Å². The van der Waals surface area contributed by atoms with Gasteiger partial charge in [0.25, 0.3) is 0 Å². The van der Waals surface area contributed by atoms with Crippen molar-refractivity contribution < 1.29 is 9.59 Å². The van der Waals surface area contributed by atoms with E-state index in [0.717, 1.165) is 12.8 Å². The molecule has 2 aliphatic rings. The molecule has 2 rings (SSSR count). The van der Waals surface area contributed by atoms with Crippen molar-refractivity contribution in [3.63, 3.8) is 0 Å². The summed E-state index contributed by atoms with van der Waals surface area (Å²) in [6, 6.07) is 2.19. The quantitative estimate of drug-likeness (QED) is 0.689. The minimum atomic E-state index is -0.759. The molecule has 5 heteroatoms. The van der Waals surface area contributed by atoms with Crippen LogP contribution in [0.5, 0.6) is 0 Å². The topological polar surface area (TPSA) is 64.4 Å². The molecule has 5 nitrogen and oxygen atoms in total. The lowest BCUT2D eigenvalue weighted by molar-refractivity contribution is -0.143. The van der Waals surface area contributed by atoms with Gasteiger partial charge < -0.3 is 9.80 Å². The van der Waals surface area contributed by atoms with E-state index in [0.29, 0.717) is 39.0 Å². The average Bonchev–Trinajstić information content (AvgIpc) is 2.53. The van der Waals surface area contributed by atoms with Crippen molar-refractivity contribution in [2.24, 2.45) is 5.41 Å². The number of amides is 2. The first kappa shape index (κ1) is 12.9. The standard InChI is InChI=1S/C13H19N3O2/c1-11(17)15-6-3-7-16(9-8-15)12(18)13(10-14)4-2-5-13/h2-9H2,1H3. The van der Waals surface area contributed by atoms with Crippen molar-refractivity contribution in [1.82, 2.24) is 9.80 Å². The van der Waals surface area contributed by atoms with Crippen molar-refractivity contribution in [3.8, 4) is 6.07 Å². The van der Waals surface area contributed by atoms with Crippen LogP contribution in [0.2, 0.25) is 0 Å². The van der Waals surface area contributed by atoms with Crippen LogP contribution in [0.1, 0.15) is 32.6 Å². The zero-order chi connectivity index (χ0) is 13.2. The second kappa shape index (κ2) is 4.97. The third-order valence-corrected chi connectivity index (χ3v) is 4.06. The molecule has 1 aliphatic heterocycles. The molecule has 0 aromatic carbocycles. The molecule has 2 amide bonds. The van der Waals surface area contributed by atoms with Crippen molar-refractivity contribution in [1.29, 1.82) is 5.26 Å². The highest BCUT2D eigenvalue weighted by Gasteiger charge is 2.46.